The maximum absolute atomic E-state index is 6.61. The van der Waals surface area contributed by atoms with Crippen LogP contribution >= 0.6 is 12.2 Å². The minimum atomic E-state index is -1.70. The van der Waals surface area contributed by atoms with Gasteiger partial charge in [-0.15, -0.1) is 0 Å². The van der Waals surface area contributed by atoms with E-state index in [4.69, 9.17) is 16.6 Å². The zero-order chi connectivity index (χ0) is 16.1. The quantitative estimate of drug-likeness (QED) is 0.466. The molecule has 0 aliphatic heterocycles. The Hall–Kier alpha value is -0.513. The Morgan fingerprint density at radius 2 is 1.76 bits per heavy atom. The Morgan fingerprint density at radius 1 is 1.19 bits per heavy atom. The van der Waals surface area contributed by atoms with Crippen molar-refractivity contribution in [1.82, 2.24) is 0 Å². The maximum Gasteiger partial charge on any atom is 0.192 e. The van der Waals surface area contributed by atoms with Crippen molar-refractivity contribution >= 4 is 25.9 Å². The van der Waals surface area contributed by atoms with Crippen LogP contribution in [-0.2, 0) is 10.8 Å². The fourth-order valence-corrected chi connectivity index (χ4v) is 3.66. The monoisotopic (exact) mass is 322 g/mol. The van der Waals surface area contributed by atoms with Gasteiger partial charge >= 0.3 is 0 Å². The first kappa shape index (κ1) is 18.5. The first-order valence-corrected chi connectivity index (χ1v) is 11.3. The molecule has 0 aliphatic carbocycles. The zero-order valence-electron chi connectivity index (χ0n) is 14.4. The minimum Gasteiger partial charge on any atom is -0.414 e. The van der Waals surface area contributed by atoms with Crippen LogP contribution in [0.3, 0.4) is 0 Å². The fraction of sp³-hybridized carbons (Fsp3) is 0.611. The molecule has 0 bridgehead atoms. The Balaban J connectivity index is 2.79. The summed E-state index contributed by atoms with van der Waals surface area (Å²) in [5, 5.41) is 1.99. The van der Waals surface area contributed by atoms with Crippen LogP contribution in [0.1, 0.15) is 51.7 Å². The zero-order valence-corrected chi connectivity index (χ0v) is 16.2. The second-order valence-electron chi connectivity index (χ2n) is 7.35. The lowest BCUT2D eigenvalue weighted by Crippen LogP contribution is -2.44. The lowest BCUT2D eigenvalue weighted by atomic mass is 10.0. The lowest BCUT2D eigenvalue weighted by molar-refractivity contribution is 0.170. The number of hydrogen-bond donors (Lipinski definition) is 0. The molecule has 0 amide bonds. The summed E-state index contributed by atoms with van der Waals surface area (Å²) in [7, 11) is -1.70. The van der Waals surface area contributed by atoms with Gasteiger partial charge in [0.05, 0.1) is 0 Å². The van der Waals surface area contributed by atoms with Crippen LogP contribution in [0.25, 0.3) is 0 Å². The maximum atomic E-state index is 6.61. The van der Waals surface area contributed by atoms with Crippen molar-refractivity contribution < 1.29 is 4.43 Å². The summed E-state index contributed by atoms with van der Waals surface area (Å²) < 4.78 is 6.61. The van der Waals surface area contributed by atoms with Crippen LogP contribution < -0.4 is 0 Å². The van der Waals surface area contributed by atoms with Gasteiger partial charge in [-0.25, -0.2) is 0 Å². The SMILES string of the molecule is CCCC(Cc1ccc(C=S)cc1)O[Si](C)(C)C(C)(C)C. The molecule has 0 aliphatic rings. The highest BCUT2D eigenvalue weighted by atomic mass is 32.1. The second kappa shape index (κ2) is 7.66. The summed E-state index contributed by atoms with van der Waals surface area (Å²) in [6, 6.07) is 8.54. The van der Waals surface area contributed by atoms with Crippen LogP contribution in [0.5, 0.6) is 0 Å². The summed E-state index contributed by atoms with van der Waals surface area (Å²) >= 11 is 4.96. The van der Waals surface area contributed by atoms with Crippen LogP contribution in [-0.4, -0.2) is 19.8 Å². The summed E-state index contributed by atoms with van der Waals surface area (Å²) in [5.74, 6) is 0. The average Bonchev–Trinajstić information content (AvgIpc) is 2.38. The predicted molar refractivity (Wildman–Crippen MR) is 99.9 cm³/mol. The van der Waals surface area contributed by atoms with Crippen molar-refractivity contribution in [3.63, 3.8) is 0 Å². The van der Waals surface area contributed by atoms with Crippen molar-refractivity contribution in [2.75, 3.05) is 0 Å². The molecular formula is C18H30OSSi. The van der Waals surface area contributed by atoms with Gasteiger partial charge in [-0.2, -0.15) is 0 Å². The van der Waals surface area contributed by atoms with Crippen LogP contribution in [0.15, 0.2) is 24.3 Å². The average molecular weight is 323 g/mol. The molecule has 21 heavy (non-hydrogen) atoms. The molecule has 1 aromatic carbocycles. The molecule has 118 valence electrons. The molecule has 0 saturated carbocycles. The van der Waals surface area contributed by atoms with Gasteiger partial charge in [0.1, 0.15) is 0 Å². The van der Waals surface area contributed by atoms with E-state index < -0.39 is 8.32 Å². The van der Waals surface area contributed by atoms with Crippen molar-refractivity contribution in [1.29, 1.82) is 0 Å². The molecule has 1 aromatic rings. The van der Waals surface area contributed by atoms with Crippen molar-refractivity contribution in [3.8, 4) is 0 Å². The van der Waals surface area contributed by atoms with Crippen LogP contribution in [0.4, 0.5) is 0 Å². The van der Waals surface area contributed by atoms with E-state index in [2.05, 4.69) is 65.1 Å². The van der Waals surface area contributed by atoms with Gasteiger partial charge in [0.15, 0.2) is 8.32 Å². The standard InChI is InChI=1S/C18H30OSSi/c1-7-8-17(19-21(5,6)18(2,3)4)13-15-9-11-16(14-20)12-10-15/h9-12,14,17H,7-8,13H2,1-6H3. The third-order valence-electron chi connectivity index (χ3n) is 4.46. The molecule has 0 radical (unpaired) electrons. The number of hydrogen-bond acceptors (Lipinski definition) is 2. The molecule has 0 heterocycles. The largest absolute Gasteiger partial charge is 0.414 e. The first-order valence-electron chi connectivity index (χ1n) is 7.91. The second-order valence-corrected chi connectivity index (χ2v) is 12.3. The molecule has 0 spiro atoms. The smallest absolute Gasteiger partial charge is 0.192 e. The highest BCUT2D eigenvalue weighted by Crippen LogP contribution is 2.38. The molecule has 3 heteroatoms. The topological polar surface area (TPSA) is 9.23 Å². The highest BCUT2D eigenvalue weighted by Gasteiger charge is 2.38. The Kier molecular flexibility index (Phi) is 6.76. The molecule has 0 saturated heterocycles. The molecular weight excluding hydrogens is 292 g/mol. The normalized spacial score (nSPS) is 14.0. The molecule has 0 N–H and O–H groups in total. The van der Waals surface area contributed by atoms with Crippen molar-refractivity contribution in [3.05, 3.63) is 35.4 Å². The van der Waals surface area contributed by atoms with E-state index in [1.54, 1.807) is 5.37 Å². The van der Waals surface area contributed by atoms with E-state index >= 15 is 0 Å². The van der Waals surface area contributed by atoms with E-state index in [9.17, 15) is 0 Å². The molecule has 1 nitrogen and oxygen atoms in total. The van der Waals surface area contributed by atoms with E-state index in [0.29, 0.717) is 6.10 Å². The van der Waals surface area contributed by atoms with E-state index in [-0.39, 0.29) is 5.04 Å². The number of thiocarbonyl (C=S) groups is 1. The Bertz CT molecular complexity index is 445. The van der Waals surface area contributed by atoms with E-state index in [1.165, 1.54) is 5.56 Å². The third-order valence-corrected chi connectivity index (χ3v) is 9.26. The fourth-order valence-electron chi connectivity index (χ4n) is 2.11. The van der Waals surface area contributed by atoms with E-state index in [0.717, 1.165) is 24.8 Å². The summed E-state index contributed by atoms with van der Waals surface area (Å²) in [4.78, 5) is 0. The number of rotatable bonds is 7. The summed E-state index contributed by atoms with van der Waals surface area (Å²) in [5.41, 5.74) is 2.44. The summed E-state index contributed by atoms with van der Waals surface area (Å²) in [6.45, 7) is 13.8. The Morgan fingerprint density at radius 3 is 2.19 bits per heavy atom. The molecule has 1 rings (SSSR count). The van der Waals surface area contributed by atoms with Gasteiger partial charge in [-0.1, -0.05) is 70.6 Å². The van der Waals surface area contributed by atoms with Crippen molar-refractivity contribution in [2.45, 2.75) is 71.2 Å². The van der Waals surface area contributed by atoms with Crippen molar-refractivity contribution in [2.24, 2.45) is 0 Å². The molecule has 1 unspecified atom stereocenters. The molecule has 0 aromatic heterocycles. The van der Waals surface area contributed by atoms with Gasteiger partial charge in [0.2, 0.25) is 0 Å². The van der Waals surface area contributed by atoms with Crippen LogP contribution in [0, 0.1) is 0 Å². The van der Waals surface area contributed by atoms with E-state index in [1.807, 2.05) is 0 Å². The molecule has 1 atom stereocenters. The van der Waals surface area contributed by atoms with Crippen LogP contribution in [0.2, 0.25) is 18.1 Å². The highest BCUT2D eigenvalue weighted by molar-refractivity contribution is 7.79. The predicted octanol–water partition coefficient (Wildman–Crippen LogP) is 5.77. The lowest BCUT2D eigenvalue weighted by Gasteiger charge is -2.39. The summed E-state index contributed by atoms with van der Waals surface area (Å²) in [6.07, 6.45) is 3.62. The van der Waals surface area contributed by atoms with Gasteiger partial charge in [-0.05, 0) is 42.1 Å². The van der Waals surface area contributed by atoms with Gasteiger partial charge in [-0.3, -0.25) is 0 Å². The van der Waals surface area contributed by atoms with Gasteiger partial charge in [0, 0.05) is 11.5 Å². The molecule has 0 fully saturated rings. The third kappa shape index (κ3) is 5.65. The Labute approximate surface area is 137 Å². The van der Waals surface area contributed by atoms with Gasteiger partial charge in [0.25, 0.3) is 0 Å². The number of benzene rings is 1. The van der Waals surface area contributed by atoms with Gasteiger partial charge < -0.3 is 4.43 Å². The minimum absolute atomic E-state index is 0.264. The first-order chi connectivity index (χ1) is 9.69.